The first-order valence-electron chi connectivity index (χ1n) is 4.63. The van der Waals surface area contributed by atoms with Crippen molar-refractivity contribution in [1.82, 2.24) is 9.97 Å². The number of imidazole rings is 1. The number of nitrogens with one attached hydrogen (secondary N) is 1. The zero-order chi connectivity index (χ0) is 10.7. The normalized spacial score (nSPS) is 10.3. The quantitative estimate of drug-likeness (QED) is 0.928. The molecule has 1 N–H and O–H groups in total. The Morgan fingerprint density at radius 2 is 2.07 bits per heavy atom. The Morgan fingerprint density at radius 3 is 2.67 bits per heavy atom. The molecule has 1 heterocycles. The number of rotatable bonds is 3. The van der Waals surface area contributed by atoms with Crippen LogP contribution in [0.4, 0.5) is 0 Å². The summed E-state index contributed by atoms with van der Waals surface area (Å²) in [5, 5.41) is 0. The van der Waals surface area contributed by atoms with Gasteiger partial charge in [-0.15, -0.1) is 0 Å². The monoisotopic (exact) mass is 266 g/mol. The number of nitrogens with zero attached hydrogens (tertiary/aromatic N) is 1. The molecule has 2 rings (SSSR count). The highest BCUT2D eigenvalue weighted by Gasteiger charge is 1.98. The lowest BCUT2D eigenvalue weighted by atomic mass is 10.3. The molecule has 3 nitrogen and oxygen atoms in total. The molecule has 4 heteroatoms. The zero-order valence-electron chi connectivity index (χ0n) is 8.33. The van der Waals surface area contributed by atoms with E-state index in [1.165, 1.54) is 0 Å². The van der Waals surface area contributed by atoms with Gasteiger partial charge in [0.05, 0.1) is 11.9 Å². The lowest BCUT2D eigenvalue weighted by Gasteiger charge is -2.03. The molecule has 0 atom stereocenters. The van der Waals surface area contributed by atoms with E-state index in [0.717, 1.165) is 21.7 Å². The molecule has 0 aliphatic heterocycles. The van der Waals surface area contributed by atoms with Gasteiger partial charge < -0.3 is 9.72 Å². The van der Waals surface area contributed by atoms with Crippen molar-refractivity contribution in [1.29, 1.82) is 0 Å². The summed E-state index contributed by atoms with van der Waals surface area (Å²) in [7, 11) is 0. The summed E-state index contributed by atoms with van der Waals surface area (Å²) >= 11 is 3.37. The van der Waals surface area contributed by atoms with Gasteiger partial charge in [0.15, 0.2) is 0 Å². The molecular formula is C11H11BrN2O. The van der Waals surface area contributed by atoms with E-state index < -0.39 is 0 Å². The maximum Gasteiger partial charge on any atom is 0.130 e. The van der Waals surface area contributed by atoms with Gasteiger partial charge in [-0.05, 0) is 31.2 Å². The predicted octanol–water partition coefficient (Wildman–Crippen LogP) is 3.06. The Balaban J connectivity index is 1.96. The van der Waals surface area contributed by atoms with Crippen molar-refractivity contribution in [3.63, 3.8) is 0 Å². The molecule has 0 radical (unpaired) electrons. The highest BCUT2D eigenvalue weighted by atomic mass is 79.9. The van der Waals surface area contributed by atoms with Crippen molar-refractivity contribution in [2.24, 2.45) is 0 Å². The van der Waals surface area contributed by atoms with E-state index in [1.54, 1.807) is 6.20 Å². The van der Waals surface area contributed by atoms with Crippen LogP contribution in [0.1, 0.15) is 11.5 Å². The molecular weight excluding hydrogens is 256 g/mol. The fourth-order valence-corrected chi connectivity index (χ4v) is 1.50. The molecule has 0 fully saturated rings. The molecule has 0 aliphatic carbocycles. The summed E-state index contributed by atoms with van der Waals surface area (Å²) in [6.45, 7) is 2.44. The SMILES string of the molecule is Cc1ncc(COc2ccc(Br)cc2)[nH]1. The summed E-state index contributed by atoms with van der Waals surface area (Å²) in [6.07, 6.45) is 1.79. The van der Waals surface area contributed by atoms with Gasteiger partial charge in [-0.1, -0.05) is 15.9 Å². The van der Waals surface area contributed by atoms with Crippen molar-refractivity contribution in [3.05, 3.63) is 46.5 Å². The van der Waals surface area contributed by atoms with Crippen molar-refractivity contribution in [2.45, 2.75) is 13.5 Å². The third-order valence-electron chi connectivity index (χ3n) is 1.96. The second-order valence-electron chi connectivity index (χ2n) is 3.24. The third-order valence-corrected chi connectivity index (χ3v) is 2.49. The second kappa shape index (κ2) is 4.49. The largest absolute Gasteiger partial charge is 0.487 e. The van der Waals surface area contributed by atoms with Crippen LogP contribution < -0.4 is 4.74 Å². The van der Waals surface area contributed by atoms with Gasteiger partial charge in [-0.3, -0.25) is 0 Å². The van der Waals surface area contributed by atoms with Crippen LogP contribution in [0.2, 0.25) is 0 Å². The highest BCUT2D eigenvalue weighted by molar-refractivity contribution is 9.10. The fourth-order valence-electron chi connectivity index (χ4n) is 1.24. The number of benzene rings is 1. The fraction of sp³-hybridized carbons (Fsp3) is 0.182. The van der Waals surface area contributed by atoms with E-state index in [-0.39, 0.29) is 0 Å². The molecule has 0 aliphatic rings. The molecule has 0 spiro atoms. The van der Waals surface area contributed by atoms with E-state index in [2.05, 4.69) is 25.9 Å². The topological polar surface area (TPSA) is 37.9 Å². The average Bonchev–Trinajstić information content (AvgIpc) is 2.64. The van der Waals surface area contributed by atoms with Crippen LogP contribution in [0.25, 0.3) is 0 Å². The van der Waals surface area contributed by atoms with Gasteiger partial charge >= 0.3 is 0 Å². The highest BCUT2D eigenvalue weighted by Crippen LogP contribution is 2.16. The maximum atomic E-state index is 5.57. The van der Waals surface area contributed by atoms with Crippen LogP contribution in [0.5, 0.6) is 5.75 Å². The minimum atomic E-state index is 0.516. The van der Waals surface area contributed by atoms with Gasteiger partial charge in [0.1, 0.15) is 18.2 Å². The number of halogens is 1. The minimum Gasteiger partial charge on any atom is -0.487 e. The lowest BCUT2D eigenvalue weighted by molar-refractivity contribution is 0.302. The van der Waals surface area contributed by atoms with Crippen molar-refractivity contribution in [3.8, 4) is 5.75 Å². The van der Waals surface area contributed by atoms with Crippen LogP contribution in [-0.4, -0.2) is 9.97 Å². The second-order valence-corrected chi connectivity index (χ2v) is 4.15. The van der Waals surface area contributed by atoms with E-state index in [0.29, 0.717) is 6.61 Å². The first kappa shape index (κ1) is 10.2. The van der Waals surface area contributed by atoms with Crippen LogP contribution in [-0.2, 0) is 6.61 Å². The van der Waals surface area contributed by atoms with Crippen LogP contribution >= 0.6 is 15.9 Å². The predicted molar refractivity (Wildman–Crippen MR) is 61.8 cm³/mol. The molecule has 78 valence electrons. The number of aromatic nitrogens is 2. The summed E-state index contributed by atoms with van der Waals surface area (Å²) in [4.78, 5) is 7.21. The summed E-state index contributed by atoms with van der Waals surface area (Å²) in [5.74, 6) is 1.76. The molecule has 2 aromatic rings. The van der Waals surface area contributed by atoms with E-state index >= 15 is 0 Å². The number of ether oxygens (including phenoxy) is 1. The average molecular weight is 267 g/mol. The lowest BCUT2D eigenvalue weighted by Crippen LogP contribution is -1.95. The van der Waals surface area contributed by atoms with E-state index in [4.69, 9.17) is 4.74 Å². The standard InChI is InChI=1S/C11H11BrN2O/c1-8-13-6-10(14-8)7-15-11-4-2-9(12)3-5-11/h2-6H,7H2,1H3,(H,13,14). The molecule has 0 unspecified atom stereocenters. The zero-order valence-corrected chi connectivity index (χ0v) is 9.91. The molecule has 0 bridgehead atoms. The number of aromatic amines is 1. The van der Waals surface area contributed by atoms with Crippen LogP contribution in [0.15, 0.2) is 34.9 Å². The molecule has 15 heavy (non-hydrogen) atoms. The van der Waals surface area contributed by atoms with Gasteiger partial charge in [0, 0.05) is 4.47 Å². The van der Waals surface area contributed by atoms with Crippen LogP contribution in [0, 0.1) is 6.92 Å². The number of hydrogen-bond donors (Lipinski definition) is 1. The van der Waals surface area contributed by atoms with Crippen molar-refractivity contribution < 1.29 is 4.74 Å². The van der Waals surface area contributed by atoms with Crippen molar-refractivity contribution in [2.75, 3.05) is 0 Å². The smallest absolute Gasteiger partial charge is 0.130 e. The Hall–Kier alpha value is -1.29. The molecule has 0 saturated carbocycles. The Morgan fingerprint density at radius 1 is 1.33 bits per heavy atom. The molecule has 1 aromatic carbocycles. The Kier molecular flexibility index (Phi) is 3.06. The Bertz CT molecular complexity index is 436. The van der Waals surface area contributed by atoms with Gasteiger partial charge in [0.2, 0.25) is 0 Å². The van der Waals surface area contributed by atoms with E-state index in [1.807, 2.05) is 31.2 Å². The first-order valence-corrected chi connectivity index (χ1v) is 5.42. The van der Waals surface area contributed by atoms with Crippen molar-refractivity contribution >= 4 is 15.9 Å². The van der Waals surface area contributed by atoms with Crippen LogP contribution in [0.3, 0.4) is 0 Å². The first-order chi connectivity index (χ1) is 7.24. The summed E-state index contributed by atoms with van der Waals surface area (Å²) < 4.78 is 6.62. The Labute approximate surface area is 96.6 Å². The summed E-state index contributed by atoms with van der Waals surface area (Å²) in [5.41, 5.74) is 0.982. The number of aryl methyl sites for hydroxylation is 1. The van der Waals surface area contributed by atoms with Gasteiger partial charge in [-0.25, -0.2) is 4.98 Å². The third kappa shape index (κ3) is 2.83. The molecule has 1 aromatic heterocycles. The minimum absolute atomic E-state index is 0.516. The number of H-pyrrole nitrogens is 1. The van der Waals surface area contributed by atoms with Gasteiger partial charge in [-0.2, -0.15) is 0 Å². The van der Waals surface area contributed by atoms with Gasteiger partial charge in [0.25, 0.3) is 0 Å². The maximum absolute atomic E-state index is 5.57. The summed E-state index contributed by atoms with van der Waals surface area (Å²) in [6, 6.07) is 7.75. The van der Waals surface area contributed by atoms with E-state index in [9.17, 15) is 0 Å². The molecule has 0 amide bonds. The molecule has 0 saturated heterocycles. The number of hydrogen-bond acceptors (Lipinski definition) is 2.